The van der Waals surface area contributed by atoms with Crippen LogP contribution in [0.5, 0.6) is 0 Å². The number of amides is 2. The zero-order valence-corrected chi connectivity index (χ0v) is 11.7. The number of aromatic amines is 1. The first-order valence-electron chi connectivity index (χ1n) is 6.69. The van der Waals surface area contributed by atoms with E-state index in [1.807, 2.05) is 6.92 Å². The molecular formula is C14H19N3O3. The van der Waals surface area contributed by atoms with Crippen molar-refractivity contribution in [1.29, 1.82) is 0 Å². The van der Waals surface area contributed by atoms with E-state index in [-0.39, 0.29) is 35.4 Å². The van der Waals surface area contributed by atoms with E-state index in [2.05, 4.69) is 4.98 Å². The molecule has 1 saturated heterocycles. The average molecular weight is 277 g/mol. The summed E-state index contributed by atoms with van der Waals surface area (Å²) in [6.07, 6.45) is 2.83. The van der Waals surface area contributed by atoms with E-state index in [0.717, 1.165) is 0 Å². The van der Waals surface area contributed by atoms with Crippen molar-refractivity contribution in [2.24, 2.45) is 11.7 Å². The fraction of sp³-hybridized carbons (Fsp3) is 0.500. The van der Waals surface area contributed by atoms with Gasteiger partial charge in [-0.25, -0.2) is 0 Å². The standard InChI is InChI=1S/C14H19N3O3/c1-8-5-12(18)11(6-16-8)14(20)17-7-10(13(15)19)4-3-9(17)2/h5-6,9-10H,3-4,7H2,1-2H3,(H2,15,19)(H,16,18). The van der Waals surface area contributed by atoms with Crippen LogP contribution in [0.25, 0.3) is 0 Å². The van der Waals surface area contributed by atoms with Gasteiger partial charge in [0.05, 0.1) is 5.92 Å². The van der Waals surface area contributed by atoms with Gasteiger partial charge in [-0.3, -0.25) is 14.4 Å². The largest absolute Gasteiger partial charge is 0.369 e. The molecule has 1 aliphatic rings. The molecule has 1 aliphatic heterocycles. The highest BCUT2D eigenvalue weighted by Gasteiger charge is 2.32. The molecule has 6 heteroatoms. The minimum Gasteiger partial charge on any atom is -0.369 e. The number of nitrogens with one attached hydrogen (secondary N) is 1. The van der Waals surface area contributed by atoms with E-state index in [9.17, 15) is 14.4 Å². The molecule has 1 aromatic rings. The quantitative estimate of drug-likeness (QED) is 0.819. The van der Waals surface area contributed by atoms with Gasteiger partial charge in [-0.15, -0.1) is 0 Å². The number of aryl methyl sites for hydroxylation is 1. The molecule has 2 amide bonds. The van der Waals surface area contributed by atoms with Crippen LogP contribution in [0.1, 0.15) is 35.8 Å². The minimum atomic E-state index is -0.396. The topological polar surface area (TPSA) is 96.3 Å². The van der Waals surface area contributed by atoms with Crippen LogP contribution >= 0.6 is 0 Å². The van der Waals surface area contributed by atoms with E-state index in [1.54, 1.807) is 11.8 Å². The van der Waals surface area contributed by atoms with Gasteiger partial charge >= 0.3 is 0 Å². The van der Waals surface area contributed by atoms with Crippen molar-refractivity contribution in [2.75, 3.05) is 6.54 Å². The van der Waals surface area contributed by atoms with Crippen LogP contribution in [0, 0.1) is 12.8 Å². The number of carbonyl (C=O) groups excluding carboxylic acids is 2. The molecule has 1 aromatic heterocycles. The maximum atomic E-state index is 12.5. The Labute approximate surface area is 117 Å². The average Bonchev–Trinajstić information content (AvgIpc) is 2.38. The zero-order valence-electron chi connectivity index (χ0n) is 11.7. The molecule has 20 heavy (non-hydrogen) atoms. The van der Waals surface area contributed by atoms with Crippen LogP contribution in [-0.4, -0.2) is 34.3 Å². The number of hydrogen-bond donors (Lipinski definition) is 2. The van der Waals surface area contributed by atoms with Gasteiger partial charge < -0.3 is 15.6 Å². The summed E-state index contributed by atoms with van der Waals surface area (Å²) in [4.78, 5) is 40.1. The third-order valence-electron chi connectivity index (χ3n) is 3.83. The number of nitrogens with zero attached hydrogens (tertiary/aromatic N) is 1. The van der Waals surface area contributed by atoms with Crippen molar-refractivity contribution >= 4 is 11.8 Å². The van der Waals surface area contributed by atoms with Gasteiger partial charge in [0.25, 0.3) is 5.91 Å². The van der Waals surface area contributed by atoms with Crippen LogP contribution < -0.4 is 11.2 Å². The summed E-state index contributed by atoms with van der Waals surface area (Å²) in [6.45, 7) is 3.95. The monoisotopic (exact) mass is 277 g/mol. The molecule has 108 valence electrons. The second-order valence-corrected chi connectivity index (χ2v) is 5.38. The van der Waals surface area contributed by atoms with Crippen LogP contribution in [0.3, 0.4) is 0 Å². The lowest BCUT2D eigenvalue weighted by Gasteiger charge is -2.36. The Balaban J connectivity index is 2.26. The SMILES string of the molecule is Cc1cc(=O)c(C(=O)N2CC(C(N)=O)CCC2C)c[nH]1. The molecule has 3 N–H and O–H groups in total. The Hall–Kier alpha value is -2.11. The van der Waals surface area contributed by atoms with Gasteiger partial charge in [0, 0.05) is 30.5 Å². The first-order chi connectivity index (χ1) is 9.40. The molecule has 2 rings (SSSR count). The molecule has 0 aromatic carbocycles. The molecule has 2 atom stereocenters. The first kappa shape index (κ1) is 14.3. The number of pyridine rings is 1. The fourth-order valence-corrected chi connectivity index (χ4v) is 2.52. The maximum absolute atomic E-state index is 12.5. The van der Waals surface area contributed by atoms with E-state index in [0.29, 0.717) is 18.5 Å². The predicted molar refractivity (Wildman–Crippen MR) is 74.2 cm³/mol. The van der Waals surface area contributed by atoms with E-state index in [1.165, 1.54) is 12.3 Å². The summed E-state index contributed by atoms with van der Waals surface area (Å²) in [6, 6.07) is 1.40. The zero-order chi connectivity index (χ0) is 14.9. The second kappa shape index (κ2) is 5.48. The Morgan fingerprint density at radius 2 is 2.10 bits per heavy atom. The maximum Gasteiger partial charge on any atom is 0.259 e. The van der Waals surface area contributed by atoms with Crippen molar-refractivity contribution in [1.82, 2.24) is 9.88 Å². The molecular weight excluding hydrogens is 258 g/mol. The van der Waals surface area contributed by atoms with Crippen molar-refractivity contribution in [3.63, 3.8) is 0 Å². The Morgan fingerprint density at radius 3 is 2.70 bits per heavy atom. The molecule has 0 radical (unpaired) electrons. The third-order valence-corrected chi connectivity index (χ3v) is 3.83. The highest BCUT2D eigenvalue weighted by molar-refractivity contribution is 5.94. The number of primary amides is 1. The summed E-state index contributed by atoms with van der Waals surface area (Å²) >= 11 is 0. The van der Waals surface area contributed by atoms with Crippen LogP contribution in [0.4, 0.5) is 0 Å². The summed E-state index contributed by atoms with van der Waals surface area (Å²) < 4.78 is 0. The number of H-pyrrole nitrogens is 1. The molecule has 1 fully saturated rings. The molecule has 0 saturated carbocycles. The van der Waals surface area contributed by atoms with Crippen LogP contribution in [-0.2, 0) is 4.79 Å². The number of aromatic nitrogens is 1. The number of piperidine rings is 1. The van der Waals surface area contributed by atoms with Gasteiger partial charge in [-0.05, 0) is 26.7 Å². The fourth-order valence-electron chi connectivity index (χ4n) is 2.52. The summed E-state index contributed by atoms with van der Waals surface area (Å²) in [5.74, 6) is -1.07. The molecule has 6 nitrogen and oxygen atoms in total. The predicted octanol–water partition coefficient (Wildman–Crippen LogP) is 0.409. The van der Waals surface area contributed by atoms with Crippen molar-refractivity contribution < 1.29 is 9.59 Å². The highest BCUT2D eigenvalue weighted by Crippen LogP contribution is 2.22. The lowest BCUT2D eigenvalue weighted by molar-refractivity contribution is -0.123. The Morgan fingerprint density at radius 1 is 1.40 bits per heavy atom. The summed E-state index contributed by atoms with van der Waals surface area (Å²) in [5.41, 5.74) is 5.82. The van der Waals surface area contributed by atoms with E-state index < -0.39 is 5.91 Å². The van der Waals surface area contributed by atoms with Gasteiger partial charge in [0.1, 0.15) is 5.56 Å². The lowest BCUT2D eigenvalue weighted by atomic mass is 9.92. The normalized spacial score (nSPS) is 22.6. The third kappa shape index (κ3) is 2.74. The second-order valence-electron chi connectivity index (χ2n) is 5.38. The minimum absolute atomic E-state index is 0.00111. The van der Waals surface area contributed by atoms with Gasteiger partial charge in [-0.2, -0.15) is 0 Å². The molecule has 2 heterocycles. The summed E-state index contributed by atoms with van der Waals surface area (Å²) in [7, 11) is 0. The highest BCUT2D eigenvalue weighted by atomic mass is 16.2. The Bertz CT molecular complexity index is 594. The summed E-state index contributed by atoms with van der Waals surface area (Å²) in [5, 5.41) is 0. The van der Waals surface area contributed by atoms with Gasteiger partial charge in [0.2, 0.25) is 5.91 Å². The molecule has 0 bridgehead atoms. The Kier molecular flexibility index (Phi) is 3.92. The molecule has 0 aliphatic carbocycles. The first-order valence-corrected chi connectivity index (χ1v) is 6.69. The molecule has 0 spiro atoms. The lowest BCUT2D eigenvalue weighted by Crippen LogP contribution is -2.49. The number of likely N-dealkylation sites (tertiary alicyclic amines) is 1. The van der Waals surface area contributed by atoms with Crippen LogP contribution in [0.2, 0.25) is 0 Å². The van der Waals surface area contributed by atoms with Crippen molar-refractivity contribution in [3.8, 4) is 0 Å². The number of carbonyl (C=O) groups is 2. The number of rotatable bonds is 2. The smallest absolute Gasteiger partial charge is 0.259 e. The van der Waals surface area contributed by atoms with Crippen molar-refractivity contribution in [3.05, 3.63) is 33.7 Å². The van der Waals surface area contributed by atoms with Gasteiger partial charge in [-0.1, -0.05) is 0 Å². The van der Waals surface area contributed by atoms with Crippen LogP contribution in [0.15, 0.2) is 17.1 Å². The van der Waals surface area contributed by atoms with E-state index in [4.69, 9.17) is 5.73 Å². The number of hydrogen-bond acceptors (Lipinski definition) is 3. The van der Waals surface area contributed by atoms with Gasteiger partial charge in [0.15, 0.2) is 5.43 Å². The molecule has 2 unspecified atom stereocenters. The van der Waals surface area contributed by atoms with E-state index >= 15 is 0 Å². The van der Waals surface area contributed by atoms with Crippen molar-refractivity contribution in [2.45, 2.75) is 32.7 Å². The number of nitrogens with two attached hydrogens (primary N) is 1.